The quantitative estimate of drug-likeness (QED) is 0.724. The molecule has 0 unspecified atom stereocenters. The van der Waals surface area contributed by atoms with E-state index in [9.17, 15) is 13.6 Å². The zero-order chi connectivity index (χ0) is 10.7. The lowest BCUT2D eigenvalue weighted by Gasteiger charge is -2.06. The number of rotatable bonds is 2. The van der Waals surface area contributed by atoms with Gasteiger partial charge in [-0.3, -0.25) is 9.78 Å². The Labute approximate surface area is 78.0 Å². The van der Waals surface area contributed by atoms with Gasteiger partial charge < -0.3 is 5.73 Å². The van der Waals surface area contributed by atoms with Crippen LogP contribution in [0.4, 0.5) is 14.5 Å². The summed E-state index contributed by atoms with van der Waals surface area (Å²) in [6, 6.07) is 1.52. The largest absolute Gasteiger partial charge is 0.396 e. The fourth-order valence-corrected chi connectivity index (χ4v) is 0.996. The highest BCUT2D eigenvalue weighted by atomic mass is 19.3. The van der Waals surface area contributed by atoms with Gasteiger partial charge in [0.15, 0.2) is 6.29 Å². The Morgan fingerprint density at radius 2 is 2.29 bits per heavy atom. The molecule has 0 aromatic carbocycles. The van der Waals surface area contributed by atoms with Gasteiger partial charge in [-0.2, -0.15) is 5.26 Å². The summed E-state index contributed by atoms with van der Waals surface area (Å²) in [5.74, 6) is 0. The summed E-state index contributed by atoms with van der Waals surface area (Å²) >= 11 is 0. The van der Waals surface area contributed by atoms with Crippen molar-refractivity contribution >= 4 is 12.0 Å². The molecule has 72 valence electrons. The molecule has 0 saturated carbocycles. The first-order valence-electron chi connectivity index (χ1n) is 3.53. The van der Waals surface area contributed by atoms with Crippen molar-refractivity contribution in [3.05, 3.63) is 23.0 Å². The number of carbonyl (C=O) groups excluding carboxylic acids is 1. The highest BCUT2D eigenvalue weighted by Crippen LogP contribution is 2.27. The first-order valence-corrected chi connectivity index (χ1v) is 3.53. The Morgan fingerprint density at radius 1 is 1.64 bits per heavy atom. The SMILES string of the molecule is N#Cc1c(N)cnc(C=O)c1C(F)F. The maximum Gasteiger partial charge on any atom is 0.267 e. The van der Waals surface area contributed by atoms with Crippen LogP contribution in [0, 0.1) is 11.3 Å². The molecule has 0 amide bonds. The Morgan fingerprint density at radius 3 is 2.71 bits per heavy atom. The van der Waals surface area contributed by atoms with Crippen molar-refractivity contribution in [2.24, 2.45) is 0 Å². The molecule has 2 N–H and O–H groups in total. The Kier molecular flexibility index (Phi) is 2.72. The molecule has 0 aliphatic rings. The lowest BCUT2D eigenvalue weighted by atomic mass is 10.1. The summed E-state index contributed by atoms with van der Waals surface area (Å²) in [5.41, 5.74) is 3.55. The van der Waals surface area contributed by atoms with Gasteiger partial charge in [-0.25, -0.2) is 8.78 Å². The van der Waals surface area contributed by atoms with Crippen LogP contribution in [0.15, 0.2) is 6.20 Å². The van der Waals surface area contributed by atoms with Crippen LogP contribution < -0.4 is 5.73 Å². The second kappa shape index (κ2) is 3.79. The number of alkyl halides is 2. The third-order valence-electron chi connectivity index (χ3n) is 1.62. The van der Waals surface area contributed by atoms with Crippen LogP contribution in [0.2, 0.25) is 0 Å². The minimum atomic E-state index is -2.94. The van der Waals surface area contributed by atoms with Crippen LogP contribution in [0.3, 0.4) is 0 Å². The Bertz CT molecular complexity index is 412. The van der Waals surface area contributed by atoms with Gasteiger partial charge >= 0.3 is 0 Å². The number of aromatic nitrogens is 1. The van der Waals surface area contributed by atoms with Crippen LogP contribution in [-0.2, 0) is 0 Å². The predicted octanol–water partition coefficient (Wildman–Crippen LogP) is 1.29. The van der Waals surface area contributed by atoms with Gasteiger partial charge in [-0.05, 0) is 0 Å². The Balaban J connectivity index is 3.54. The Hall–Kier alpha value is -2.03. The first kappa shape index (κ1) is 10.1. The van der Waals surface area contributed by atoms with Crippen molar-refractivity contribution in [3.8, 4) is 6.07 Å². The number of nitrogens with two attached hydrogens (primary N) is 1. The summed E-state index contributed by atoms with van der Waals surface area (Å²) < 4.78 is 24.9. The number of halogens is 2. The smallest absolute Gasteiger partial charge is 0.267 e. The highest BCUT2D eigenvalue weighted by molar-refractivity contribution is 5.78. The third-order valence-corrected chi connectivity index (χ3v) is 1.62. The molecule has 14 heavy (non-hydrogen) atoms. The van der Waals surface area contributed by atoms with E-state index in [2.05, 4.69) is 4.98 Å². The van der Waals surface area contributed by atoms with E-state index in [0.29, 0.717) is 0 Å². The van der Waals surface area contributed by atoms with E-state index in [-0.39, 0.29) is 12.0 Å². The molecule has 4 nitrogen and oxygen atoms in total. The predicted molar refractivity (Wildman–Crippen MR) is 43.7 cm³/mol. The minimum absolute atomic E-state index is 0.159. The maximum atomic E-state index is 12.4. The maximum absolute atomic E-state index is 12.4. The van der Waals surface area contributed by atoms with Gasteiger partial charge in [0.1, 0.15) is 11.8 Å². The molecular weight excluding hydrogens is 192 g/mol. The first-order chi connectivity index (χ1) is 6.61. The van der Waals surface area contributed by atoms with Gasteiger partial charge in [0, 0.05) is 0 Å². The molecule has 1 aromatic heterocycles. The van der Waals surface area contributed by atoms with Crippen molar-refractivity contribution in [2.75, 3.05) is 5.73 Å². The van der Waals surface area contributed by atoms with E-state index >= 15 is 0 Å². The van der Waals surface area contributed by atoms with Gasteiger partial charge in [0.2, 0.25) is 0 Å². The molecule has 6 heteroatoms. The van der Waals surface area contributed by atoms with Gasteiger partial charge in [0.25, 0.3) is 6.43 Å². The molecule has 0 atom stereocenters. The second-order valence-corrected chi connectivity index (χ2v) is 2.42. The summed E-state index contributed by atoms with van der Waals surface area (Å²) in [6.07, 6.45) is -1.77. The van der Waals surface area contributed by atoms with Gasteiger partial charge in [-0.15, -0.1) is 0 Å². The number of anilines is 1. The molecule has 0 radical (unpaired) electrons. The number of hydrogen-bond acceptors (Lipinski definition) is 4. The number of aldehydes is 1. The van der Waals surface area contributed by atoms with E-state index in [1.54, 1.807) is 0 Å². The number of nitrogen functional groups attached to an aromatic ring is 1. The van der Waals surface area contributed by atoms with Crippen molar-refractivity contribution in [1.29, 1.82) is 5.26 Å². The van der Waals surface area contributed by atoms with E-state index < -0.39 is 23.2 Å². The van der Waals surface area contributed by atoms with Crippen LogP contribution in [-0.4, -0.2) is 11.3 Å². The molecule has 0 spiro atoms. The fourth-order valence-electron chi connectivity index (χ4n) is 0.996. The van der Waals surface area contributed by atoms with E-state index in [4.69, 9.17) is 11.0 Å². The van der Waals surface area contributed by atoms with Crippen molar-refractivity contribution in [1.82, 2.24) is 4.98 Å². The molecule has 0 bridgehead atoms. The molecule has 0 aliphatic heterocycles. The van der Waals surface area contributed by atoms with Crippen molar-refractivity contribution < 1.29 is 13.6 Å². The molecule has 0 fully saturated rings. The lowest BCUT2D eigenvalue weighted by Crippen LogP contribution is -2.04. The molecule has 0 aliphatic carbocycles. The zero-order valence-corrected chi connectivity index (χ0v) is 6.87. The van der Waals surface area contributed by atoms with Crippen LogP contribution in [0.25, 0.3) is 0 Å². The average molecular weight is 197 g/mol. The molecule has 0 saturated heterocycles. The van der Waals surface area contributed by atoms with Crippen LogP contribution >= 0.6 is 0 Å². The number of hydrogen-bond donors (Lipinski definition) is 1. The summed E-state index contributed by atoms with van der Waals surface area (Å²) in [4.78, 5) is 13.8. The van der Waals surface area contributed by atoms with Crippen LogP contribution in [0.1, 0.15) is 28.0 Å². The van der Waals surface area contributed by atoms with Gasteiger partial charge in [0.05, 0.1) is 23.0 Å². The molecule has 1 aromatic rings. The molecule has 1 rings (SSSR count). The fraction of sp³-hybridized carbons (Fsp3) is 0.125. The number of pyridine rings is 1. The van der Waals surface area contributed by atoms with E-state index in [1.807, 2.05) is 0 Å². The molecule has 1 heterocycles. The normalized spacial score (nSPS) is 9.86. The summed E-state index contributed by atoms with van der Waals surface area (Å²) in [5, 5.41) is 8.56. The highest BCUT2D eigenvalue weighted by Gasteiger charge is 2.20. The van der Waals surface area contributed by atoms with Crippen molar-refractivity contribution in [3.63, 3.8) is 0 Å². The van der Waals surface area contributed by atoms with Crippen molar-refractivity contribution in [2.45, 2.75) is 6.43 Å². The minimum Gasteiger partial charge on any atom is -0.396 e. The number of carbonyl (C=O) groups is 1. The van der Waals surface area contributed by atoms with Gasteiger partial charge in [-0.1, -0.05) is 0 Å². The van der Waals surface area contributed by atoms with E-state index in [1.165, 1.54) is 6.07 Å². The average Bonchev–Trinajstić information content (AvgIpc) is 2.17. The third kappa shape index (κ3) is 1.52. The lowest BCUT2D eigenvalue weighted by molar-refractivity contribution is 0.110. The summed E-state index contributed by atoms with van der Waals surface area (Å²) in [6.45, 7) is 0. The number of nitriles is 1. The van der Waals surface area contributed by atoms with Crippen LogP contribution in [0.5, 0.6) is 0 Å². The second-order valence-electron chi connectivity index (χ2n) is 2.42. The number of nitrogens with zero attached hydrogens (tertiary/aromatic N) is 2. The topological polar surface area (TPSA) is 79.8 Å². The molecular formula is C8H5F2N3O. The standard InChI is InChI=1S/C8H5F2N3O/c9-8(10)7-4(1-11)5(12)2-13-6(7)3-14/h2-3,8H,12H2. The summed E-state index contributed by atoms with van der Waals surface area (Å²) in [7, 11) is 0. The zero-order valence-electron chi connectivity index (χ0n) is 6.87. The van der Waals surface area contributed by atoms with E-state index in [0.717, 1.165) is 6.20 Å². The monoisotopic (exact) mass is 197 g/mol.